The van der Waals surface area contributed by atoms with Gasteiger partial charge in [-0.05, 0) is 31.0 Å². The zero-order chi connectivity index (χ0) is 18.8. The summed E-state index contributed by atoms with van der Waals surface area (Å²) in [5.41, 5.74) is 0.969. The number of rotatable bonds is 7. The molecule has 1 heterocycles. The van der Waals surface area contributed by atoms with Crippen LogP contribution in [0.4, 0.5) is 4.39 Å². The van der Waals surface area contributed by atoms with Crippen molar-refractivity contribution in [1.82, 2.24) is 20.4 Å². The molecule has 2 N–H and O–H groups in total. The molecule has 2 rings (SSSR count). The molecule has 6 nitrogen and oxygen atoms in total. The van der Waals surface area contributed by atoms with Crippen molar-refractivity contribution in [2.75, 3.05) is 52.4 Å². The van der Waals surface area contributed by atoms with E-state index in [2.05, 4.69) is 20.5 Å². The highest BCUT2D eigenvalue weighted by Crippen LogP contribution is 2.03. The molecule has 0 saturated carbocycles. The lowest BCUT2D eigenvalue weighted by Gasteiger charge is -2.33. The first kappa shape index (κ1) is 20.2. The van der Waals surface area contributed by atoms with Crippen LogP contribution in [0.25, 0.3) is 0 Å². The normalized spacial score (nSPS) is 15.8. The summed E-state index contributed by atoms with van der Waals surface area (Å²) in [4.78, 5) is 20.2. The van der Waals surface area contributed by atoms with E-state index in [0.29, 0.717) is 13.1 Å². The van der Waals surface area contributed by atoms with Gasteiger partial charge in [-0.1, -0.05) is 12.1 Å². The molecular weight excluding hydrogens is 333 g/mol. The van der Waals surface area contributed by atoms with Crippen molar-refractivity contribution in [3.8, 4) is 0 Å². The van der Waals surface area contributed by atoms with Crippen LogP contribution >= 0.6 is 0 Å². The van der Waals surface area contributed by atoms with Crippen molar-refractivity contribution in [3.63, 3.8) is 0 Å². The van der Waals surface area contributed by atoms with Crippen LogP contribution in [0, 0.1) is 5.82 Å². The molecule has 0 bridgehead atoms. The van der Waals surface area contributed by atoms with E-state index in [9.17, 15) is 9.18 Å². The predicted octanol–water partition coefficient (Wildman–Crippen LogP) is 1.09. The van der Waals surface area contributed by atoms with E-state index in [1.54, 1.807) is 19.1 Å². The molecule has 1 saturated heterocycles. The number of halogens is 1. The highest BCUT2D eigenvalue weighted by molar-refractivity contribution is 5.79. The summed E-state index contributed by atoms with van der Waals surface area (Å²) in [6.07, 6.45) is 0.745. The second kappa shape index (κ2) is 10.8. The molecule has 144 valence electrons. The largest absolute Gasteiger partial charge is 0.357 e. The number of aliphatic imine (C=N–C) groups is 1. The molecule has 7 heteroatoms. The molecule has 0 unspecified atom stereocenters. The zero-order valence-corrected chi connectivity index (χ0v) is 15.8. The Kier molecular flexibility index (Phi) is 8.34. The quantitative estimate of drug-likeness (QED) is 0.562. The fraction of sp³-hybridized carbons (Fsp3) is 0.579. The summed E-state index contributed by atoms with van der Waals surface area (Å²) in [5, 5.41) is 6.53. The minimum absolute atomic E-state index is 0.152. The van der Waals surface area contributed by atoms with Crippen LogP contribution in [0.5, 0.6) is 0 Å². The lowest BCUT2D eigenvalue weighted by atomic mass is 10.1. The molecular formula is C19H30FN5O. The summed E-state index contributed by atoms with van der Waals surface area (Å²) < 4.78 is 13.2. The Morgan fingerprint density at radius 1 is 1.23 bits per heavy atom. The monoisotopic (exact) mass is 363 g/mol. The van der Waals surface area contributed by atoms with Gasteiger partial charge in [0.2, 0.25) is 5.91 Å². The van der Waals surface area contributed by atoms with E-state index in [4.69, 9.17) is 0 Å². The van der Waals surface area contributed by atoms with Gasteiger partial charge in [-0.25, -0.2) is 4.39 Å². The topological polar surface area (TPSA) is 60.0 Å². The lowest BCUT2D eigenvalue weighted by molar-refractivity contribution is -0.130. The Morgan fingerprint density at radius 2 is 2.00 bits per heavy atom. The van der Waals surface area contributed by atoms with Crippen molar-refractivity contribution in [3.05, 3.63) is 35.6 Å². The fourth-order valence-electron chi connectivity index (χ4n) is 2.95. The molecule has 1 fully saturated rings. The average molecular weight is 363 g/mol. The van der Waals surface area contributed by atoms with E-state index in [0.717, 1.165) is 57.2 Å². The number of benzene rings is 1. The minimum atomic E-state index is -0.201. The summed E-state index contributed by atoms with van der Waals surface area (Å²) >= 11 is 0. The summed E-state index contributed by atoms with van der Waals surface area (Å²) in [7, 11) is 0. The molecule has 1 amide bonds. The van der Waals surface area contributed by atoms with Gasteiger partial charge in [-0.15, -0.1) is 0 Å². The van der Waals surface area contributed by atoms with E-state index >= 15 is 0 Å². The van der Waals surface area contributed by atoms with Gasteiger partial charge in [0.15, 0.2) is 5.96 Å². The molecule has 1 aliphatic rings. The smallest absolute Gasteiger partial charge is 0.219 e. The number of hydrogen-bond acceptors (Lipinski definition) is 3. The van der Waals surface area contributed by atoms with Crippen molar-refractivity contribution in [1.29, 1.82) is 0 Å². The van der Waals surface area contributed by atoms with E-state index < -0.39 is 0 Å². The maximum absolute atomic E-state index is 13.2. The number of nitrogens with zero attached hydrogens (tertiary/aromatic N) is 3. The van der Waals surface area contributed by atoms with Crippen molar-refractivity contribution in [2.45, 2.75) is 20.3 Å². The van der Waals surface area contributed by atoms with Crippen LogP contribution in [0.1, 0.15) is 19.4 Å². The first-order valence-electron chi connectivity index (χ1n) is 9.33. The molecule has 1 aromatic rings. The Bertz CT molecular complexity index is 599. The maximum atomic E-state index is 13.2. The van der Waals surface area contributed by atoms with Crippen LogP contribution < -0.4 is 10.6 Å². The highest BCUT2D eigenvalue weighted by Gasteiger charge is 2.17. The molecule has 0 aromatic heterocycles. The Hall–Kier alpha value is -2.15. The van der Waals surface area contributed by atoms with Gasteiger partial charge >= 0.3 is 0 Å². The summed E-state index contributed by atoms with van der Waals surface area (Å²) in [6.45, 7) is 10.1. The van der Waals surface area contributed by atoms with Crippen LogP contribution in [-0.2, 0) is 11.2 Å². The molecule has 1 aliphatic heterocycles. The van der Waals surface area contributed by atoms with Crippen molar-refractivity contribution >= 4 is 11.9 Å². The summed E-state index contributed by atoms with van der Waals surface area (Å²) in [5.74, 6) is 0.735. The SMILES string of the molecule is CCNC(=NCCN1CCN(C(C)=O)CC1)NCCc1cccc(F)c1. The first-order valence-corrected chi connectivity index (χ1v) is 9.33. The zero-order valence-electron chi connectivity index (χ0n) is 15.8. The van der Waals surface area contributed by atoms with Gasteiger partial charge in [0.1, 0.15) is 5.82 Å². The van der Waals surface area contributed by atoms with Crippen molar-refractivity contribution in [2.24, 2.45) is 4.99 Å². The fourth-order valence-corrected chi connectivity index (χ4v) is 2.95. The minimum Gasteiger partial charge on any atom is -0.357 e. The number of amides is 1. The molecule has 0 radical (unpaired) electrons. The third-order valence-corrected chi connectivity index (χ3v) is 4.44. The van der Waals surface area contributed by atoms with Crippen LogP contribution in [0.2, 0.25) is 0 Å². The Morgan fingerprint density at radius 3 is 2.65 bits per heavy atom. The Balaban J connectivity index is 1.71. The van der Waals surface area contributed by atoms with Gasteiger partial charge in [0.05, 0.1) is 6.54 Å². The number of carbonyl (C=O) groups excluding carboxylic acids is 1. The lowest BCUT2D eigenvalue weighted by Crippen LogP contribution is -2.48. The number of guanidine groups is 1. The third kappa shape index (κ3) is 7.00. The van der Waals surface area contributed by atoms with E-state index in [1.807, 2.05) is 17.9 Å². The molecule has 0 spiro atoms. The number of carbonyl (C=O) groups is 1. The van der Waals surface area contributed by atoms with Gasteiger partial charge in [-0.2, -0.15) is 0 Å². The van der Waals surface area contributed by atoms with Crippen molar-refractivity contribution < 1.29 is 9.18 Å². The van der Waals surface area contributed by atoms with Crippen LogP contribution in [0.3, 0.4) is 0 Å². The maximum Gasteiger partial charge on any atom is 0.219 e. The number of hydrogen-bond donors (Lipinski definition) is 2. The second-order valence-corrected chi connectivity index (χ2v) is 6.42. The second-order valence-electron chi connectivity index (χ2n) is 6.42. The van der Waals surface area contributed by atoms with Gasteiger partial charge < -0.3 is 15.5 Å². The molecule has 26 heavy (non-hydrogen) atoms. The van der Waals surface area contributed by atoms with E-state index in [-0.39, 0.29) is 11.7 Å². The van der Waals surface area contributed by atoms with Crippen LogP contribution in [-0.4, -0.2) is 74.0 Å². The average Bonchev–Trinajstić information content (AvgIpc) is 2.62. The molecule has 0 atom stereocenters. The standard InChI is InChI=1S/C19H30FN5O/c1-3-21-19(22-8-7-17-5-4-6-18(20)15-17)23-9-10-24-11-13-25(14-12-24)16(2)26/h4-6,15H,3,7-14H2,1-2H3,(H2,21,22,23). The molecule has 0 aliphatic carbocycles. The van der Waals surface area contributed by atoms with E-state index in [1.165, 1.54) is 6.07 Å². The van der Waals surface area contributed by atoms with Gasteiger partial charge in [0.25, 0.3) is 0 Å². The molecule has 1 aromatic carbocycles. The van der Waals surface area contributed by atoms with Gasteiger partial charge in [0, 0.05) is 52.7 Å². The third-order valence-electron chi connectivity index (χ3n) is 4.44. The Labute approximate surface area is 155 Å². The van der Waals surface area contributed by atoms with Crippen LogP contribution in [0.15, 0.2) is 29.3 Å². The number of piperazine rings is 1. The van der Waals surface area contributed by atoms with Gasteiger partial charge in [-0.3, -0.25) is 14.7 Å². The highest BCUT2D eigenvalue weighted by atomic mass is 19.1. The first-order chi connectivity index (χ1) is 12.6. The predicted molar refractivity (Wildman–Crippen MR) is 103 cm³/mol. The number of nitrogens with one attached hydrogen (secondary N) is 2. The summed E-state index contributed by atoms with van der Waals surface area (Å²) in [6, 6.07) is 6.68.